The molecule has 1 heterocycles. The van der Waals surface area contributed by atoms with E-state index in [0.717, 1.165) is 0 Å². The summed E-state index contributed by atoms with van der Waals surface area (Å²) >= 11 is 1.83. The molecule has 1 N–H and O–H groups in total. The fourth-order valence-corrected chi connectivity index (χ4v) is 2.87. The molecule has 0 saturated heterocycles. The van der Waals surface area contributed by atoms with Crippen LogP contribution in [0.5, 0.6) is 0 Å². The van der Waals surface area contributed by atoms with E-state index in [1.807, 2.05) is 11.8 Å². The molecule has 2 aromatic carbocycles. The maximum Gasteiger partial charge on any atom is 0.0556 e. The molecule has 2 heteroatoms. The molecule has 0 spiro atoms. The number of aryl methyl sites for hydroxylation is 1. The van der Waals surface area contributed by atoms with E-state index in [-0.39, 0.29) is 0 Å². The summed E-state index contributed by atoms with van der Waals surface area (Å²) in [6.07, 6.45) is 0. The Balaban J connectivity index is 2.15. The standard InChI is InChI=1S/C13H11NS/c1-9-5-4-8-12-13(9)14-10-6-2-3-7-11(10)15-12/h2-8,14H,1H3. The van der Waals surface area contributed by atoms with E-state index in [1.165, 1.54) is 26.7 Å². The summed E-state index contributed by atoms with van der Waals surface area (Å²) in [6, 6.07) is 14.8. The van der Waals surface area contributed by atoms with Gasteiger partial charge in [-0.2, -0.15) is 0 Å². The van der Waals surface area contributed by atoms with Crippen molar-refractivity contribution in [2.45, 2.75) is 16.7 Å². The fraction of sp³-hybridized carbons (Fsp3) is 0.0769. The highest BCUT2D eigenvalue weighted by molar-refractivity contribution is 7.99. The third-order valence-corrected chi connectivity index (χ3v) is 3.74. The highest BCUT2D eigenvalue weighted by Crippen LogP contribution is 2.44. The second-order valence-electron chi connectivity index (χ2n) is 3.67. The molecule has 1 nitrogen and oxygen atoms in total. The van der Waals surface area contributed by atoms with Gasteiger partial charge in [0.05, 0.1) is 11.4 Å². The van der Waals surface area contributed by atoms with Crippen molar-refractivity contribution < 1.29 is 0 Å². The number of rotatable bonds is 0. The Morgan fingerprint density at radius 3 is 2.67 bits per heavy atom. The molecule has 0 unspecified atom stereocenters. The Bertz CT molecular complexity index is 520. The first-order valence-corrected chi connectivity index (χ1v) is 5.80. The van der Waals surface area contributed by atoms with Crippen molar-refractivity contribution in [3.8, 4) is 0 Å². The van der Waals surface area contributed by atoms with E-state index < -0.39 is 0 Å². The van der Waals surface area contributed by atoms with Gasteiger partial charge in [0.15, 0.2) is 0 Å². The van der Waals surface area contributed by atoms with Gasteiger partial charge in [-0.05, 0) is 30.7 Å². The molecular formula is C13H11NS. The van der Waals surface area contributed by atoms with E-state index in [0.29, 0.717) is 0 Å². The molecule has 74 valence electrons. The predicted molar refractivity (Wildman–Crippen MR) is 65.0 cm³/mol. The predicted octanol–water partition coefficient (Wildman–Crippen LogP) is 4.20. The number of hydrogen-bond donors (Lipinski definition) is 1. The topological polar surface area (TPSA) is 12.0 Å². The summed E-state index contributed by atoms with van der Waals surface area (Å²) in [7, 11) is 0. The lowest BCUT2D eigenvalue weighted by Gasteiger charge is -2.21. The summed E-state index contributed by atoms with van der Waals surface area (Å²) in [4.78, 5) is 2.62. The molecule has 15 heavy (non-hydrogen) atoms. The van der Waals surface area contributed by atoms with E-state index in [9.17, 15) is 0 Å². The van der Waals surface area contributed by atoms with Crippen LogP contribution in [0, 0.1) is 6.92 Å². The molecule has 0 saturated carbocycles. The second-order valence-corrected chi connectivity index (χ2v) is 4.76. The summed E-state index contributed by atoms with van der Waals surface area (Å²) in [5.74, 6) is 0. The van der Waals surface area contributed by atoms with Gasteiger partial charge in [-0.3, -0.25) is 0 Å². The minimum absolute atomic E-state index is 1.21. The van der Waals surface area contributed by atoms with Gasteiger partial charge in [-0.15, -0.1) is 0 Å². The Morgan fingerprint density at radius 1 is 0.933 bits per heavy atom. The van der Waals surface area contributed by atoms with Crippen LogP contribution in [0.4, 0.5) is 11.4 Å². The number of fused-ring (bicyclic) bond motifs is 2. The van der Waals surface area contributed by atoms with Crippen LogP contribution in [-0.2, 0) is 0 Å². The Hall–Kier alpha value is -1.41. The monoisotopic (exact) mass is 213 g/mol. The summed E-state index contributed by atoms with van der Waals surface area (Å²) in [5.41, 5.74) is 3.76. The molecule has 3 rings (SSSR count). The number of benzene rings is 2. The molecule has 1 aliphatic heterocycles. The van der Waals surface area contributed by atoms with Crippen LogP contribution in [0.3, 0.4) is 0 Å². The largest absolute Gasteiger partial charge is 0.353 e. The van der Waals surface area contributed by atoms with Crippen LogP contribution in [0.15, 0.2) is 52.3 Å². The highest BCUT2D eigenvalue weighted by atomic mass is 32.2. The first-order valence-electron chi connectivity index (χ1n) is 4.98. The summed E-state index contributed by atoms with van der Waals surface area (Å²) in [6.45, 7) is 2.14. The smallest absolute Gasteiger partial charge is 0.0556 e. The minimum atomic E-state index is 1.21. The lowest BCUT2D eigenvalue weighted by atomic mass is 10.2. The zero-order chi connectivity index (χ0) is 10.3. The van der Waals surface area contributed by atoms with Crippen molar-refractivity contribution in [1.29, 1.82) is 0 Å². The Morgan fingerprint density at radius 2 is 1.73 bits per heavy atom. The average molecular weight is 213 g/mol. The molecule has 0 aromatic heterocycles. The van der Waals surface area contributed by atoms with Crippen molar-refractivity contribution in [3.63, 3.8) is 0 Å². The zero-order valence-corrected chi connectivity index (χ0v) is 9.27. The van der Waals surface area contributed by atoms with Gasteiger partial charge in [0.1, 0.15) is 0 Å². The molecule has 0 amide bonds. The zero-order valence-electron chi connectivity index (χ0n) is 8.45. The molecule has 0 bridgehead atoms. The molecule has 0 aliphatic carbocycles. The van der Waals surface area contributed by atoms with Crippen LogP contribution < -0.4 is 5.32 Å². The first-order chi connectivity index (χ1) is 7.34. The molecule has 0 atom stereocenters. The van der Waals surface area contributed by atoms with Crippen molar-refractivity contribution in [1.82, 2.24) is 0 Å². The van der Waals surface area contributed by atoms with Gasteiger partial charge in [0, 0.05) is 9.79 Å². The molecule has 2 aromatic rings. The number of para-hydroxylation sites is 2. The van der Waals surface area contributed by atoms with Crippen molar-refractivity contribution in [2.24, 2.45) is 0 Å². The van der Waals surface area contributed by atoms with Crippen LogP contribution in [-0.4, -0.2) is 0 Å². The third-order valence-electron chi connectivity index (χ3n) is 2.60. The first kappa shape index (κ1) is 8.86. The average Bonchev–Trinajstić information content (AvgIpc) is 2.27. The van der Waals surface area contributed by atoms with Gasteiger partial charge in [0.2, 0.25) is 0 Å². The maximum absolute atomic E-state index is 3.49. The Kier molecular flexibility index (Phi) is 1.96. The summed E-state index contributed by atoms with van der Waals surface area (Å²) < 4.78 is 0. The number of anilines is 2. The van der Waals surface area contributed by atoms with Crippen LogP contribution in [0.25, 0.3) is 0 Å². The highest BCUT2D eigenvalue weighted by Gasteiger charge is 2.15. The van der Waals surface area contributed by atoms with E-state index in [1.54, 1.807) is 0 Å². The van der Waals surface area contributed by atoms with Crippen LogP contribution >= 0.6 is 11.8 Å². The van der Waals surface area contributed by atoms with Gasteiger partial charge in [-0.1, -0.05) is 36.0 Å². The maximum atomic E-state index is 3.49. The third kappa shape index (κ3) is 1.41. The number of hydrogen-bond acceptors (Lipinski definition) is 2. The lowest BCUT2D eigenvalue weighted by Crippen LogP contribution is -2.00. The van der Waals surface area contributed by atoms with E-state index in [4.69, 9.17) is 0 Å². The number of nitrogens with one attached hydrogen (secondary N) is 1. The van der Waals surface area contributed by atoms with Crippen LogP contribution in [0.2, 0.25) is 0 Å². The molecule has 0 fully saturated rings. The minimum Gasteiger partial charge on any atom is -0.353 e. The van der Waals surface area contributed by atoms with Gasteiger partial charge >= 0.3 is 0 Å². The van der Waals surface area contributed by atoms with E-state index in [2.05, 4.69) is 54.7 Å². The fourth-order valence-electron chi connectivity index (χ4n) is 1.80. The van der Waals surface area contributed by atoms with Crippen LogP contribution in [0.1, 0.15) is 5.56 Å². The van der Waals surface area contributed by atoms with E-state index >= 15 is 0 Å². The normalized spacial score (nSPS) is 12.6. The van der Waals surface area contributed by atoms with Gasteiger partial charge in [-0.25, -0.2) is 0 Å². The van der Waals surface area contributed by atoms with Gasteiger partial charge < -0.3 is 5.32 Å². The van der Waals surface area contributed by atoms with Gasteiger partial charge in [0.25, 0.3) is 0 Å². The van der Waals surface area contributed by atoms with Crippen molar-refractivity contribution >= 4 is 23.1 Å². The molecular weight excluding hydrogens is 202 g/mol. The van der Waals surface area contributed by atoms with Crippen molar-refractivity contribution in [2.75, 3.05) is 5.32 Å². The molecule has 0 radical (unpaired) electrons. The van der Waals surface area contributed by atoms with Crippen molar-refractivity contribution in [3.05, 3.63) is 48.0 Å². The SMILES string of the molecule is Cc1cccc2c1Nc1ccccc1S2. The molecule has 1 aliphatic rings. The second kappa shape index (κ2) is 3.31. The quantitative estimate of drug-likeness (QED) is 0.600. The lowest BCUT2D eigenvalue weighted by molar-refractivity contribution is 1.28. The summed E-state index contributed by atoms with van der Waals surface area (Å²) in [5, 5.41) is 3.49. The Labute approximate surface area is 93.5 Å².